The summed E-state index contributed by atoms with van der Waals surface area (Å²) in [6, 6.07) is 0. The Kier molecular flexibility index (Phi) is 7.57. The molecule has 88 valence electrons. The van der Waals surface area contributed by atoms with Crippen LogP contribution in [0.3, 0.4) is 0 Å². The smallest absolute Gasteiger partial charge is 0.336 e. The van der Waals surface area contributed by atoms with Crippen LogP contribution in [0.1, 0.15) is 32.6 Å². The highest BCUT2D eigenvalue weighted by Gasteiger charge is 2.22. The average Bonchev–Trinajstić information content (AvgIpc) is 2.15. The molecule has 0 aromatic rings. The van der Waals surface area contributed by atoms with Crippen molar-refractivity contribution in [2.45, 2.75) is 38.7 Å². The van der Waals surface area contributed by atoms with E-state index in [0.717, 1.165) is 19.3 Å². The van der Waals surface area contributed by atoms with Gasteiger partial charge in [-0.2, -0.15) is 0 Å². The van der Waals surface area contributed by atoms with Crippen LogP contribution in [0, 0.1) is 0 Å². The van der Waals surface area contributed by atoms with E-state index in [1.165, 1.54) is 0 Å². The van der Waals surface area contributed by atoms with Gasteiger partial charge in [0, 0.05) is 0 Å². The molecule has 0 aromatic heterocycles. The minimum absolute atomic E-state index is 0.275. The van der Waals surface area contributed by atoms with Crippen LogP contribution in [0.2, 0.25) is 0 Å². The van der Waals surface area contributed by atoms with E-state index in [-0.39, 0.29) is 6.61 Å². The van der Waals surface area contributed by atoms with Gasteiger partial charge in [-0.3, -0.25) is 4.79 Å². The molecule has 6 nitrogen and oxygen atoms in total. The van der Waals surface area contributed by atoms with E-state index in [2.05, 4.69) is 9.78 Å². The molecule has 0 heterocycles. The molecule has 0 aliphatic carbocycles. The quantitative estimate of drug-likeness (QED) is 0.343. The largest absolute Gasteiger partial charge is 0.481 e. The van der Waals surface area contributed by atoms with Crippen molar-refractivity contribution in [3.05, 3.63) is 0 Å². The van der Waals surface area contributed by atoms with E-state index in [0.29, 0.717) is 0 Å². The fourth-order valence-electron chi connectivity index (χ4n) is 0.862. The first-order valence-electron chi connectivity index (χ1n) is 4.80. The van der Waals surface area contributed by atoms with Gasteiger partial charge < -0.3 is 10.2 Å². The highest BCUT2D eigenvalue weighted by molar-refractivity contribution is 5.79. The molecule has 0 spiro atoms. The molecule has 0 aliphatic rings. The Morgan fingerprint density at radius 1 is 1.27 bits per heavy atom. The minimum Gasteiger partial charge on any atom is -0.481 e. The van der Waals surface area contributed by atoms with Gasteiger partial charge in [-0.15, -0.1) is 0 Å². The fraction of sp³-hybridized carbons (Fsp3) is 0.778. The second-order valence-electron chi connectivity index (χ2n) is 3.05. The Bertz CT molecular complexity index is 203. The molecule has 6 heteroatoms. The molecule has 0 aromatic carbocycles. The van der Waals surface area contributed by atoms with Gasteiger partial charge in [0.15, 0.2) is 6.10 Å². The fourth-order valence-corrected chi connectivity index (χ4v) is 0.862. The average molecular weight is 220 g/mol. The van der Waals surface area contributed by atoms with Crippen molar-refractivity contribution in [1.82, 2.24) is 0 Å². The Morgan fingerprint density at radius 3 is 2.40 bits per heavy atom. The lowest BCUT2D eigenvalue weighted by Crippen LogP contribution is -2.27. The topological polar surface area (TPSA) is 93.1 Å². The lowest BCUT2D eigenvalue weighted by Gasteiger charge is -2.09. The van der Waals surface area contributed by atoms with Crippen LogP contribution >= 0.6 is 0 Å². The summed E-state index contributed by atoms with van der Waals surface area (Å²) in [5, 5.41) is 16.9. The zero-order chi connectivity index (χ0) is 11.7. The van der Waals surface area contributed by atoms with Crippen molar-refractivity contribution in [2.24, 2.45) is 0 Å². The number of hydrogen-bond donors (Lipinski definition) is 2. The Labute approximate surface area is 87.7 Å². The molecule has 0 aliphatic heterocycles. The molecule has 0 radical (unpaired) electrons. The summed E-state index contributed by atoms with van der Waals surface area (Å²) in [7, 11) is 0. The zero-order valence-corrected chi connectivity index (χ0v) is 8.64. The summed E-state index contributed by atoms with van der Waals surface area (Å²) < 4.78 is 0. The number of carbonyl (C=O) groups is 2. The summed E-state index contributed by atoms with van der Waals surface area (Å²) in [6.45, 7) is 2.29. The molecule has 0 rings (SSSR count). The van der Waals surface area contributed by atoms with Crippen LogP contribution in [0.25, 0.3) is 0 Å². The minimum atomic E-state index is -1.44. The number of carboxylic acid groups (broad SMARTS) is 2. The lowest BCUT2D eigenvalue weighted by molar-refractivity contribution is -0.320. The van der Waals surface area contributed by atoms with Crippen molar-refractivity contribution in [2.75, 3.05) is 6.61 Å². The van der Waals surface area contributed by atoms with E-state index in [4.69, 9.17) is 10.2 Å². The van der Waals surface area contributed by atoms with Gasteiger partial charge in [0.25, 0.3) is 0 Å². The third kappa shape index (κ3) is 7.90. The first kappa shape index (κ1) is 13.9. The number of carboxylic acids is 2. The molecular weight excluding hydrogens is 204 g/mol. The predicted molar refractivity (Wildman–Crippen MR) is 50.2 cm³/mol. The predicted octanol–water partition coefficient (Wildman–Crippen LogP) is 1.05. The number of unbranched alkanes of at least 4 members (excludes halogenated alkanes) is 2. The molecule has 1 unspecified atom stereocenters. The van der Waals surface area contributed by atoms with Crippen LogP contribution in [0.4, 0.5) is 0 Å². The molecule has 15 heavy (non-hydrogen) atoms. The van der Waals surface area contributed by atoms with Crippen LogP contribution < -0.4 is 0 Å². The van der Waals surface area contributed by atoms with Crippen molar-refractivity contribution in [1.29, 1.82) is 0 Å². The van der Waals surface area contributed by atoms with Gasteiger partial charge in [-0.1, -0.05) is 19.8 Å². The maximum atomic E-state index is 10.5. The zero-order valence-electron chi connectivity index (χ0n) is 8.64. The van der Waals surface area contributed by atoms with E-state index in [1.54, 1.807) is 0 Å². The maximum absolute atomic E-state index is 10.5. The van der Waals surface area contributed by atoms with Gasteiger partial charge in [0.1, 0.15) is 0 Å². The third-order valence-electron chi connectivity index (χ3n) is 1.65. The van der Waals surface area contributed by atoms with E-state index < -0.39 is 24.5 Å². The van der Waals surface area contributed by atoms with Crippen LogP contribution in [-0.4, -0.2) is 34.9 Å². The molecule has 2 N–H and O–H groups in total. The SMILES string of the molecule is CCCCCOOC(CC(=O)O)C(=O)O. The van der Waals surface area contributed by atoms with Crippen LogP contribution in [0.15, 0.2) is 0 Å². The number of hydrogen-bond acceptors (Lipinski definition) is 4. The first-order valence-corrected chi connectivity index (χ1v) is 4.80. The highest BCUT2D eigenvalue weighted by Crippen LogP contribution is 2.02. The molecule has 0 amide bonds. The van der Waals surface area contributed by atoms with Crippen LogP contribution in [0.5, 0.6) is 0 Å². The summed E-state index contributed by atoms with van der Waals surface area (Å²) in [6.07, 6.45) is 0.684. The monoisotopic (exact) mass is 220 g/mol. The Balaban J connectivity index is 3.67. The normalized spacial score (nSPS) is 12.3. The lowest BCUT2D eigenvalue weighted by atomic mass is 10.2. The molecular formula is C9H16O6. The molecule has 0 saturated heterocycles. The van der Waals surface area contributed by atoms with Gasteiger partial charge in [-0.05, 0) is 6.42 Å². The van der Waals surface area contributed by atoms with Gasteiger partial charge in [0.05, 0.1) is 13.0 Å². The van der Waals surface area contributed by atoms with Gasteiger partial charge in [0.2, 0.25) is 0 Å². The van der Waals surface area contributed by atoms with E-state index in [1.807, 2.05) is 6.92 Å². The van der Waals surface area contributed by atoms with Gasteiger partial charge >= 0.3 is 11.9 Å². The molecule has 0 fully saturated rings. The maximum Gasteiger partial charge on any atom is 0.336 e. The molecule has 1 atom stereocenters. The number of rotatable bonds is 9. The van der Waals surface area contributed by atoms with Crippen molar-refractivity contribution < 1.29 is 29.6 Å². The summed E-state index contributed by atoms with van der Waals surface area (Å²) >= 11 is 0. The summed E-state index contributed by atoms with van der Waals surface area (Å²) in [5.41, 5.74) is 0. The Hall–Kier alpha value is -1.14. The van der Waals surface area contributed by atoms with Crippen molar-refractivity contribution in [3.8, 4) is 0 Å². The highest BCUT2D eigenvalue weighted by atomic mass is 17.2. The Morgan fingerprint density at radius 2 is 1.93 bits per heavy atom. The van der Waals surface area contributed by atoms with E-state index >= 15 is 0 Å². The van der Waals surface area contributed by atoms with Crippen molar-refractivity contribution in [3.63, 3.8) is 0 Å². The number of aliphatic carboxylic acids is 2. The van der Waals surface area contributed by atoms with Crippen molar-refractivity contribution >= 4 is 11.9 Å². The van der Waals surface area contributed by atoms with E-state index in [9.17, 15) is 9.59 Å². The second kappa shape index (κ2) is 8.19. The molecule has 0 saturated carbocycles. The standard InChI is InChI=1S/C9H16O6/c1-2-3-4-5-14-15-7(9(12)13)6-8(10)11/h7H,2-6H2,1H3,(H,10,11)(H,12,13). The molecule has 0 bridgehead atoms. The summed E-state index contributed by atoms with van der Waals surface area (Å²) in [4.78, 5) is 29.8. The third-order valence-corrected chi connectivity index (χ3v) is 1.65. The second-order valence-corrected chi connectivity index (χ2v) is 3.05. The first-order chi connectivity index (χ1) is 7.07. The summed E-state index contributed by atoms with van der Waals surface area (Å²) in [5.74, 6) is -2.58. The van der Waals surface area contributed by atoms with Gasteiger partial charge in [-0.25, -0.2) is 14.6 Å². The van der Waals surface area contributed by atoms with Crippen LogP contribution in [-0.2, 0) is 19.4 Å².